The maximum absolute atomic E-state index is 12.1. The van der Waals surface area contributed by atoms with Crippen LogP contribution >= 0.6 is 22.7 Å². The van der Waals surface area contributed by atoms with Gasteiger partial charge in [-0.25, -0.2) is 0 Å². The van der Waals surface area contributed by atoms with Gasteiger partial charge in [-0.2, -0.15) is 0 Å². The smallest absolute Gasteiger partial charge is 0.354 e. The Morgan fingerprint density at radius 2 is 1.91 bits per heavy atom. The molecule has 0 aliphatic rings. The predicted octanol–water partition coefficient (Wildman–Crippen LogP) is -0.254. The third-order valence-electron chi connectivity index (χ3n) is 3.27. The molecule has 0 fully saturated rings. The third-order valence-corrected chi connectivity index (χ3v) is 5.12. The van der Waals surface area contributed by atoms with Crippen molar-refractivity contribution in [3.05, 3.63) is 63.3 Å². The molecular formula is C16H16BrN3OS2. The Hall–Kier alpha value is -1.57. The molecule has 0 unspecified atom stereocenters. The van der Waals surface area contributed by atoms with E-state index >= 15 is 0 Å². The average molecular weight is 410 g/mol. The predicted molar refractivity (Wildman–Crippen MR) is 89.2 cm³/mol. The highest BCUT2D eigenvalue weighted by atomic mass is 79.9. The number of halogens is 1. The number of anilines is 1. The second kappa shape index (κ2) is 8.33. The first kappa shape index (κ1) is 17.8. The number of rotatable bonds is 6. The Morgan fingerprint density at radius 1 is 1.13 bits per heavy atom. The van der Waals surface area contributed by atoms with E-state index in [1.54, 1.807) is 4.68 Å². The van der Waals surface area contributed by atoms with Crippen molar-refractivity contribution in [2.45, 2.75) is 19.4 Å². The first-order chi connectivity index (χ1) is 10.7. The van der Waals surface area contributed by atoms with E-state index in [-0.39, 0.29) is 29.3 Å². The SMILES string of the molecule is Nc1sc(CCc2ccccc2)n[n+]1CC(=O)c1cccs1.[Br-]. The van der Waals surface area contributed by atoms with Crippen LogP contribution < -0.4 is 27.4 Å². The Morgan fingerprint density at radius 3 is 2.61 bits per heavy atom. The molecule has 3 rings (SSSR count). The van der Waals surface area contributed by atoms with Crippen LogP contribution in [0.2, 0.25) is 0 Å². The van der Waals surface area contributed by atoms with Crippen molar-refractivity contribution in [3.8, 4) is 0 Å². The zero-order valence-corrected chi connectivity index (χ0v) is 15.5. The number of nitrogens with two attached hydrogens (primary N) is 1. The number of ketones is 1. The summed E-state index contributed by atoms with van der Waals surface area (Å²) in [5, 5.41) is 7.90. The lowest BCUT2D eigenvalue weighted by Gasteiger charge is -1.96. The maximum atomic E-state index is 12.1. The summed E-state index contributed by atoms with van der Waals surface area (Å²) < 4.78 is 1.60. The van der Waals surface area contributed by atoms with Crippen LogP contribution in [0, 0.1) is 0 Å². The molecule has 2 aromatic heterocycles. The Balaban J connectivity index is 0.00000192. The quantitative estimate of drug-likeness (QED) is 0.450. The van der Waals surface area contributed by atoms with Gasteiger partial charge in [-0.3, -0.25) is 10.5 Å². The van der Waals surface area contributed by atoms with Crippen LogP contribution in [0.4, 0.5) is 5.13 Å². The van der Waals surface area contributed by atoms with Crippen molar-refractivity contribution in [1.29, 1.82) is 0 Å². The molecule has 0 bridgehead atoms. The first-order valence-electron chi connectivity index (χ1n) is 6.98. The molecule has 0 saturated heterocycles. The van der Waals surface area contributed by atoms with Gasteiger partial charge in [0.05, 0.1) is 4.88 Å². The molecule has 0 radical (unpaired) electrons. The van der Waals surface area contributed by atoms with Gasteiger partial charge in [0.15, 0.2) is 6.54 Å². The van der Waals surface area contributed by atoms with Crippen LogP contribution in [-0.4, -0.2) is 10.9 Å². The number of nitrogen functional groups attached to an aromatic ring is 1. The van der Waals surface area contributed by atoms with Gasteiger partial charge in [0.1, 0.15) is 5.01 Å². The number of aryl methyl sites for hydroxylation is 2. The minimum Gasteiger partial charge on any atom is -1.00 e. The van der Waals surface area contributed by atoms with Gasteiger partial charge in [-0.1, -0.05) is 41.5 Å². The molecule has 0 amide bonds. The average Bonchev–Trinajstić information content (AvgIpc) is 3.17. The number of Topliss-reactive ketones (excluding diaryl/α,β-unsaturated/α-hetero) is 1. The van der Waals surface area contributed by atoms with E-state index < -0.39 is 0 Å². The highest BCUT2D eigenvalue weighted by molar-refractivity contribution is 7.14. The standard InChI is InChI=1S/C16H15N3OS2.BrH/c17-16-19(11-13(20)14-7-4-10-21-14)18-15(22-16)9-8-12-5-2-1-3-6-12;/h1-7,10,17H,8-9,11H2;1H. The minimum absolute atomic E-state index is 0. The van der Waals surface area contributed by atoms with Crippen LogP contribution in [0.3, 0.4) is 0 Å². The molecule has 0 aliphatic heterocycles. The number of nitrogens with zero attached hydrogens (tertiary/aromatic N) is 2. The highest BCUT2D eigenvalue weighted by Crippen LogP contribution is 2.14. The molecule has 0 saturated carbocycles. The topological polar surface area (TPSA) is 59.9 Å². The summed E-state index contributed by atoms with van der Waals surface area (Å²) >= 11 is 2.90. The summed E-state index contributed by atoms with van der Waals surface area (Å²) in [5.74, 6) is 0.0478. The number of hydrogen-bond donors (Lipinski definition) is 1. The van der Waals surface area contributed by atoms with Crippen molar-refractivity contribution in [1.82, 2.24) is 5.10 Å². The molecule has 4 nitrogen and oxygen atoms in total. The van der Waals surface area contributed by atoms with E-state index in [4.69, 9.17) is 5.73 Å². The van der Waals surface area contributed by atoms with Gasteiger partial charge in [0.2, 0.25) is 5.78 Å². The number of benzene rings is 1. The van der Waals surface area contributed by atoms with Gasteiger partial charge in [0, 0.05) is 6.42 Å². The minimum atomic E-state index is 0. The fourth-order valence-corrected chi connectivity index (χ4v) is 3.59. The third kappa shape index (κ3) is 4.70. The lowest BCUT2D eigenvalue weighted by Crippen LogP contribution is -3.00. The lowest BCUT2D eigenvalue weighted by atomic mass is 10.1. The summed E-state index contributed by atoms with van der Waals surface area (Å²) in [6.07, 6.45) is 1.76. The molecular weight excluding hydrogens is 394 g/mol. The summed E-state index contributed by atoms with van der Waals surface area (Å²) in [5.41, 5.74) is 7.26. The lowest BCUT2D eigenvalue weighted by molar-refractivity contribution is -0.723. The Labute approximate surface area is 153 Å². The maximum Gasteiger partial charge on any atom is 0.354 e. The molecule has 0 aliphatic carbocycles. The van der Waals surface area contributed by atoms with Gasteiger partial charge < -0.3 is 17.0 Å². The number of carbonyl (C=O) groups is 1. The molecule has 2 N–H and O–H groups in total. The van der Waals surface area contributed by atoms with E-state index in [2.05, 4.69) is 17.2 Å². The Bertz CT molecular complexity index is 757. The highest BCUT2D eigenvalue weighted by Gasteiger charge is 2.18. The molecule has 23 heavy (non-hydrogen) atoms. The van der Waals surface area contributed by atoms with E-state index in [1.807, 2.05) is 35.7 Å². The van der Waals surface area contributed by atoms with E-state index in [0.717, 1.165) is 22.7 Å². The molecule has 2 heterocycles. The van der Waals surface area contributed by atoms with Crippen molar-refractivity contribution in [3.63, 3.8) is 0 Å². The monoisotopic (exact) mass is 409 g/mol. The van der Waals surface area contributed by atoms with Gasteiger partial charge >= 0.3 is 5.13 Å². The van der Waals surface area contributed by atoms with Crippen molar-refractivity contribution < 1.29 is 26.5 Å². The number of carbonyl (C=O) groups excluding carboxylic acids is 1. The summed E-state index contributed by atoms with van der Waals surface area (Å²) in [7, 11) is 0. The van der Waals surface area contributed by atoms with E-state index in [9.17, 15) is 4.79 Å². The molecule has 0 spiro atoms. The second-order valence-electron chi connectivity index (χ2n) is 4.88. The molecule has 1 aromatic carbocycles. The number of hydrogen-bond acceptors (Lipinski definition) is 5. The fourth-order valence-electron chi connectivity index (χ4n) is 2.14. The van der Waals surface area contributed by atoms with Crippen LogP contribution in [0.15, 0.2) is 47.8 Å². The number of aromatic nitrogens is 2. The van der Waals surface area contributed by atoms with Crippen LogP contribution in [0.1, 0.15) is 20.2 Å². The zero-order valence-electron chi connectivity index (χ0n) is 12.3. The van der Waals surface area contributed by atoms with Gasteiger partial charge in [0.25, 0.3) is 0 Å². The number of thiophene rings is 1. The molecule has 7 heteroatoms. The summed E-state index contributed by atoms with van der Waals surface area (Å²) in [6, 6.07) is 14.0. The van der Waals surface area contributed by atoms with E-state index in [1.165, 1.54) is 28.2 Å². The zero-order chi connectivity index (χ0) is 15.4. The molecule has 120 valence electrons. The normalized spacial score (nSPS) is 10.3. The largest absolute Gasteiger partial charge is 1.00 e. The van der Waals surface area contributed by atoms with Crippen LogP contribution in [-0.2, 0) is 19.4 Å². The van der Waals surface area contributed by atoms with Gasteiger partial charge in [-0.15, -0.1) is 16.0 Å². The van der Waals surface area contributed by atoms with Crippen LogP contribution in [0.5, 0.6) is 0 Å². The fraction of sp³-hybridized carbons (Fsp3) is 0.188. The summed E-state index contributed by atoms with van der Waals surface area (Å²) in [6.45, 7) is 0.203. The second-order valence-corrected chi connectivity index (χ2v) is 6.92. The first-order valence-corrected chi connectivity index (χ1v) is 8.68. The Kier molecular flexibility index (Phi) is 6.44. The summed E-state index contributed by atoms with van der Waals surface area (Å²) in [4.78, 5) is 12.9. The van der Waals surface area contributed by atoms with Crippen molar-refractivity contribution >= 4 is 33.6 Å². The molecule has 0 atom stereocenters. The van der Waals surface area contributed by atoms with Gasteiger partial charge in [-0.05, 0) is 34.8 Å². The van der Waals surface area contributed by atoms with Crippen molar-refractivity contribution in [2.75, 3.05) is 5.73 Å². The van der Waals surface area contributed by atoms with Crippen LogP contribution in [0.25, 0.3) is 0 Å². The van der Waals surface area contributed by atoms with Crippen molar-refractivity contribution in [2.24, 2.45) is 0 Å². The molecule has 3 aromatic rings. The van der Waals surface area contributed by atoms with E-state index in [0.29, 0.717) is 5.13 Å².